The Morgan fingerprint density at radius 3 is 2.52 bits per heavy atom. The fourth-order valence-corrected chi connectivity index (χ4v) is 6.16. The van der Waals surface area contributed by atoms with Crippen LogP contribution < -0.4 is 15.8 Å². The quantitative estimate of drug-likeness (QED) is 0.103. The lowest BCUT2D eigenvalue weighted by molar-refractivity contribution is -0.127. The first kappa shape index (κ1) is 27.9. The molecule has 2 heterocycles. The number of nitrogen functional groups attached to an aromatic ring is 1. The number of alkyl halides is 4. The Kier molecular flexibility index (Phi) is 7.95. The number of nitrogens with zero attached hydrogens (tertiary/aromatic N) is 1. The van der Waals surface area contributed by atoms with Crippen molar-refractivity contribution in [1.82, 2.24) is 4.90 Å². The molecule has 1 saturated heterocycles. The molecule has 0 atom stereocenters. The zero-order chi connectivity index (χ0) is 28.4. The molecule has 5 nitrogen and oxygen atoms in total. The number of nitrogens with two attached hydrogens (primary N) is 1. The predicted octanol–water partition coefficient (Wildman–Crippen LogP) is 7.64. The summed E-state index contributed by atoms with van der Waals surface area (Å²) in [7, 11) is 0. The van der Waals surface area contributed by atoms with E-state index in [1.165, 1.54) is 6.07 Å². The van der Waals surface area contributed by atoms with Gasteiger partial charge in [-0.15, -0.1) is 11.3 Å². The van der Waals surface area contributed by atoms with Crippen molar-refractivity contribution in [2.45, 2.75) is 25.1 Å². The largest absolute Gasteiger partial charge is 0.455 e. The molecule has 5 rings (SSSR count). The highest BCUT2D eigenvalue weighted by Crippen LogP contribution is 2.49. The van der Waals surface area contributed by atoms with Gasteiger partial charge in [0.2, 0.25) is 0 Å². The highest BCUT2D eigenvalue weighted by atomic mass is 32.1. The van der Waals surface area contributed by atoms with Crippen LogP contribution in [-0.4, -0.2) is 49.6 Å². The Balaban J connectivity index is 1.47. The molecular formula is C29H27F5N4OS. The average molecular weight is 575 g/mol. The molecule has 1 aliphatic rings. The van der Waals surface area contributed by atoms with Gasteiger partial charge >= 0.3 is 6.18 Å². The van der Waals surface area contributed by atoms with Crippen molar-refractivity contribution < 1.29 is 26.7 Å². The maximum Gasteiger partial charge on any atom is 0.393 e. The maximum atomic E-state index is 14.0. The van der Waals surface area contributed by atoms with E-state index < -0.39 is 18.4 Å². The Morgan fingerprint density at radius 1 is 1.10 bits per heavy atom. The molecule has 1 aromatic heterocycles. The van der Waals surface area contributed by atoms with Gasteiger partial charge in [0.05, 0.1) is 24.0 Å². The maximum absolute atomic E-state index is 14.0. The van der Waals surface area contributed by atoms with Crippen LogP contribution in [0.5, 0.6) is 11.5 Å². The minimum absolute atomic E-state index is 0.199. The van der Waals surface area contributed by atoms with Gasteiger partial charge < -0.3 is 21.2 Å². The third kappa shape index (κ3) is 6.05. The van der Waals surface area contributed by atoms with Crippen molar-refractivity contribution in [1.29, 1.82) is 5.41 Å². The minimum atomic E-state index is -4.54. The summed E-state index contributed by atoms with van der Waals surface area (Å²) in [5, 5.41) is 11.8. The van der Waals surface area contributed by atoms with Gasteiger partial charge in [0.15, 0.2) is 5.75 Å². The van der Waals surface area contributed by atoms with Crippen molar-refractivity contribution in [2.75, 3.05) is 37.4 Å². The second-order valence-electron chi connectivity index (χ2n) is 9.71. The van der Waals surface area contributed by atoms with Gasteiger partial charge in [-0.25, -0.2) is 4.39 Å². The summed E-state index contributed by atoms with van der Waals surface area (Å²) in [4.78, 5) is 2.56. The molecule has 4 aromatic rings. The normalized spacial score (nSPS) is 14.3. The smallest absolute Gasteiger partial charge is 0.393 e. The lowest BCUT2D eigenvalue weighted by Crippen LogP contribution is -2.54. The van der Waals surface area contributed by atoms with E-state index in [0.717, 1.165) is 55.0 Å². The van der Waals surface area contributed by atoms with Crippen molar-refractivity contribution in [2.24, 2.45) is 0 Å². The van der Waals surface area contributed by atoms with Gasteiger partial charge in [-0.05, 0) is 66.1 Å². The van der Waals surface area contributed by atoms with Gasteiger partial charge in [-0.2, -0.15) is 13.2 Å². The number of thiophene rings is 1. The van der Waals surface area contributed by atoms with E-state index in [2.05, 4.69) is 10.2 Å². The Labute approximate surface area is 231 Å². The molecule has 3 aromatic carbocycles. The van der Waals surface area contributed by atoms with Crippen LogP contribution in [0.25, 0.3) is 20.5 Å². The van der Waals surface area contributed by atoms with E-state index >= 15 is 0 Å². The van der Waals surface area contributed by atoms with E-state index in [1.54, 1.807) is 24.3 Å². The average Bonchev–Trinajstić information content (AvgIpc) is 3.23. The Morgan fingerprint density at radius 2 is 1.85 bits per heavy atom. The van der Waals surface area contributed by atoms with Crippen molar-refractivity contribution in [3.8, 4) is 21.9 Å². The van der Waals surface area contributed by atoms with Crippen LogP contribution in [0.3, 0.4) is 0 Å². The molecule has 0 saturated carbocycles. The zero-order valence-electron chi connectivity index (χ0n) is 21.3. The zero-order valence-corrected chi connectivity index (χ0v) is 22.1. The summed E-state index contributed by atoms with van der Waals surface area (Å²) in [6, 6.07) is 14.1. The summed E-state index contributed by atoms with van der Waals surface area (Å²) in [5.41, 5.74) is 7.72. The number of hydrogen-bond donors (Lipinski definition) is 3. The Hall–Kier alpha value is -3.70. The summed E-state index contributed by atoms with van der Waals surface area (Å²) in [6.45, 7) is 2.08. The lowest BCUT2D eigenvalue weighted by atomic mass is 10.0. The summed E-state index contributed by atoms with van der Waals surface area (Å²) in [5.74, 6) is -0.00479. The number of nitrogens with one attached hydrogen (secondary N) is 2. The number of anilines is 2. The van der Waals surface area contributed by atoms with Gasteiger partial charge in [0, 0.05) is 52.9 Å². The van der Waals surface area contributed by atoms with E-state index in [-0.39, 0.29) is 23.8 Å². The molecule has 0 bridgehead atoms. The molecular weight excluding hydrogens is 547 g/mol. The number of hydrogen-bond acceptors (Lipinski definition) is 6. The number of benzene rings is 3. The second-order valence-corrected chi connectivity index (χ2v) is 10.7. The second kappa shape index (κ2) is 11.4. The SMILES string of the molecule is N=Cc1c(N)ccc2c(Oc3ccc(NC4CN(CCCF)C4)cc3)c(-c3ccc(F)cc3CC(F)(F)F)sc12. The van der Waals surface area contributed by atoms with E-state index in [1.807, 2.05) is 12.1 Å². The van der Waals surface area contributed by atoms with Crippen LogP contribution in [-0.2, 0) is 6.42 Å². The standard InChI is InChI=1S/C29H27F5N4OS/c30-10-1-11-38-15-20(16-38)37-19-3-5-21(6-4-19)39-26-23-8-9-25(36)24(14-35)27(23)40-28(26)22-7-2-18(31)12-17(22)13-29(32,33)34/h2-9,12,14,20,35,37H,1,10-11,13,15-16,36H2. The van der Waals surface area contributed by atoms with Gasteiger partial charge in [0.1, 0.15) is 11.6 Å². The number of rotatable bonds is 10. The van der Waals surface area contributed by atoms with E-state index in [9.17, 15) is 22.0 Å². The molecule has 0 unspecified atom stereocenters. The predicted molar refractivity (Wildman–Crippen MR) is 150 cm³/mol. The molecule has 0 radical (unpaired) electrons. The highest BCUT2D eigenvalue weighted by molar-refractivity contribution is 7.23. The first-order chi connectivity index (χ1) is 19.1. The number of halogens is 5. The van der Waals surface area contributed by atoms with Gasteiger partial charge in [-0.3, -0.25) is 9.29 Å². The van der Waals surface area contributed by atoms with Crippen LogP contribution in [0, 0.1) is 11.2 Å². The fraction of sp³-hybridized carbons (Fsp3) is 0.276. The summed E-state index contributed by atoms with van der Waals surface area (Å²) < 4.78 is 73.5. The van der Waals surface area contributed by atoms with Crippen LogP contribution in [0.15, 0.2) is 54.6 Å². The van der Waals surface area contributed by atoms with Crippen LogP contribution >= 0.6 is 11.3 Å². The van der Waals surface area contributed by atoms with Crippen LogP contribution in [0.4, 0.5) is 33.3 Å². The van der Waals surface area contributed by atoms with Crippen molar-refractivity contribution >= 4 is 39.0 Å². The topological polar surface area (TPSA) is 74.4 Å². The number of fused-ring (bicyclic) bond motifs is 1. The molecule has 11 heteroatoms. The highest BCUT2D eigenvalue weighted by Gasteiger charge is 2.31. The molecule has 210 valence electrons. The first-order valence-corrected chi connectivity index (χ1v) is 13.5. The van der Waals surface area contributed by atoms with Crippen molar-refractivity contribution in [3.63, 3.8) is 0 Å². The first-order valence-electron chi connectivity index (χ1n) is 12.7. The van der Waals surface area contributed by atoms with E-state index in [0.29, 0.717) is 44.1 Å². The van der Waals surface area contributed by atoms with Crippen LogP contribution in [0.1, 0.15) is 17.5 Å². The minimum Gasteiger partial charge on any atom is -0.455 e. The molecule has 40 heavy (non-hydrogen) atoms. The third-order valence-electron chi connectivity index (χ3n) is 6.74. The van der Waals surface area contributed by atoms with Crippen LogP contribution in [0.2, 0.25) is 0 Å². The summed E-state index contributed by atoms with van der Waals surface area (Å²) >= 11 is 1.15. The van der Waals surface area contributed by atoms with Gasteiger partial charge in [0.25, 0.3) is 0 Å². The van der Waals surface area contributed by atoms with Crippen molar-refractivity contribution in [3.05, 3.63) is 71.5 Å². The molecule has 0 spiro atoms. The third-order valence-corrected chi connectivity index (χ3v) is 8.00. The number of ether oxygens (including phenoxy) is 1. The molecule has 1 aliphatic heterocycles. The van der Waals surface area contributed by atoms with Gasteiger partial charge in [-0.1, -0.05) is 6.07 Å². The Bertz CT molecular complexity index is 1510. The lowest BCUT2D eigenvalue weighted by Gasteiger charge is -2.40. The summed E-state index contributed by atoms with van der Waals surface area (Å²) in [6.07, 6.45) is -4.22. The fourth-order valence-electron chi connectivity index (χ4n) is 4.85. The molecule has 4 N–H and O–H groups in total. The monoisotopic (exact) mass is 574 g/mol. The molecule has 0 aliphatic carbocycles. The molecule has 0 amide bonds. The van der Waals surface area contributed by atoms with E-state index in [4.69, 9.17) is 15.9 Å². The number of likely N-dealkylation sites (tertiary alicyclic amines) is 1. The molecule has 1 fully saturated rings.